The molecule has 1 N–H and O–H groups in total. The first-order valence-electron chi connectivity index (χ1n) is 11.2. The van der Waals surface area contributed by atoms with E-state index in [1.807, 2.05) is 30.3 Å². The molecular formula is C24H33N3O3. The third kappa shape index (κ3) is 5.24. The predicted octanol–water partition coefficient (Wildman–Crippen LogP) is 4.16. The Kier molecular flexibility index (Phi) is 6.75. The lowest BCUT2D eigenvalue weighted by molar-refractivity contribution is 0.0995. The van der Waals surface area contributed by atoms with Crippen LogP contribution in [0.2, 0.25) is 0 Å². The quantitative estimate of drug-likeness (QED) is 0.741. The molecule has 3 heterocycles. The minimum absolute atomic E-state index is 0.207. The first-order chi connectivity index (χ1) is 14.6. The van der Waals surface area contributed by atoms with E-state index in [9.17, 15) is 4.79 Å². The number of rotatable bonds is 7. The van der Waals surface area contributed by atoms with E-state index in [-0.39, 0.29) is 12.0 Å². The van der Waals surface area contributed by atoms with Crippen molar-refractivity contribution in [2.24, 2.45) is 0 Å². The average Bonchev–Trinajstić information content (AvgIpc) is 3.41. The van der Waals surface area contributed by atoms with Crippen LogP contribution in [0.4, 0.5) is 5.69 Å². The molecule has 30 heavy (non-hydrogen) atoms. The van der Waals surface area contributed by atoms with Crippen LogP contribution < -0.4 is 10.1 Å². The van der Waals surface area contributed by atoms with Gasteiger partial charge in [-0.3, -0.25) is 9.69 Å². The Morgan fingerprint density at radius 1 is 1.13 bits per heavy atom. The number of likely N-dealkylation sites (tertiary alicyclic amines) is 2. The second-order valence-corrected chi connectivity index (χ2v) is 8.49. The summed E-state index contributed by atoms with van der Waals surface area (Å²) in [6, 6.07) is 9.52. The second kappa shape index (κ2) is 9.67. The van der Waals surface area contributed by atoms with Gasteiger partial charge in [0.2, 0.25) is 0 Å². The molecule has 2 aliphatic rings. The second-order valence-electron chi connectivity index (χ2n) is 8.49. The van der Waals surface area contributed by atoms with Crippen LogP contribution in [0.15, 0.2) is 34.7 Å². The van der Waals surface area contributed by atoms with Crippen molar-refractivity contribution in [1.29, 1.82) is 0 Å². The highest BCUT2D eigenvalue weighted by Crippen LogP contribution is 2.23. The lowest BCUT2D eigenvalue weighted by atomic mass is 10.1. The van der Waals surface area contributed by atoms with Crippen LogP contribution in [0.3, 0.4) is 0 Å². The van der Waals surface area contributed by atoms with Crippen LogP contribution in [0.1, 0.15) is 54.5 Å². The summed E-state index contributed by atoms with van der Waals surface area (Å²) in [5, 5.41) is 2.94. The normalized spacial score (nSPS) is 18.6. The molecule has 0 unspecified atom stereocenters. The molecule has 6 heteroatoms. The molecular weight excluding hydrogens is 378 g/mol. The molecule has 4 rings (SSSR count). The number of ether oxygens (including phenoxy) is 1. The van der Waals surface area contributed by atoms with E-state index in [1.54, 1.807) is 0 Å². The van der Waals surface area contributed by atoms with Crippen LogP contribution in [0, 0.1) is 0 Å². The van der Waals surface area contributed by atoms with E-state index in [1.165, 1.54) is 12.8 Å². The number of anilines is 1. The van der Waals surface area contributed by atoms with Gasteiger partial charge >= 0.3 is 0 Å². The van der Waals surface area contributed by atoms with Crippen LogP contribution >= 0.6 is 0 Å². The minimum atomic E-state index is -0.207. The predicted molar refractivity (Wildman–Crippen MR) is 118 cm³/mol. The average molecular weight is 412 g/mol. The minimum Gasteiger partial charge on any atom is -0.490 e. The number of amides is 1. The smallest absolute Gasteiger partial charge is 0.291 e. The number of carbonyl (C=O) groups excluding carboxylic acids is 1. The van der Waals surface area contributed by atoms with Gasteiger partial charge in [-0.2, -0.15) is 0 Å². The molecule has 6 nitrogen and oxygen atoms in total. The number of aryl methyl sites for hydroxylation is 1. The Hall–Kier alpha value is -2.31. The van der Waals surface area contributed by atoms with Crippen LogP contribution in [-0.2, 0) is 13.0 Å². The van der Waals surface area contributed by atoms with E-state index in [0.717, 1.165) is 74.7 Å². The number of hydrogen-bond acceptors (Lipinski definition) is 5. The van der Waals surface area contributed by atoms with E-state index in [4.69, 9.17) is 9.15 Å². The van der Waals surface area contributed by atoms with Gasteiger partial charge in [0.15, 0.2) is 5.76 Å². The van der Waals surface area contributed by atoms with Crippen molar-refractivity contribution in [3.05, 3.63) is 47.4 Å². The first kappa shape index (κ1) is 20.9. The molecule has 2 fully saturated rings. The maximum absolute atomic E-state index is 12.7. The molecule has 1 aromatic heterocycles. The fourth-order valence-electron chi connectivity index (χ4n) is 4.30. The maximum atomic E-state index is 12.7. The van der Waals surface area contributed by atoms with Crippen molar-refractivity contribution >= 4 is 11.6 Å². The van der Waals surface area contributed by atoms with E-state index in [0.29, 0.717) is 5.76 Å². The summed E-state index contributed by atoms with van der Waals surface area (Å²) in [6.07, 6.45) is 5.67. The van der Waals surface area contributed by atoms with Gasteiger partial charge in [0.05, 0.1) is 0 Å². The van der Waals surface area contributed by atoms with Crippen LogP contribution in [0.5, 0.6) is 5.75 Å². The number of nitrogens with one attached hydrogen (secondary N) is 1. The highest BCUT2D eigenvalue weighted by molar-refractivity contribution is 6.02. The Bertz CT molecular complexity index is 832. The molecule has 0 radical (unpaired) electrons. The maximum Gasteiger partial charge on any atom is 0.291 e. The van der Waals surface area contributed by atoms with Crippen molar-refractivity contribution < 1.29 is 13.9 Å². The lowest BCUT2D eigenvalue weighted by Crippen LogP contribution is -2.35. The summed E-state index contributed by atoms with van der Waals surface area (Å²) in [5.74, 6) is 1.93. The Morgan fingerprint density at radius 3 is 2.50 bits per heavy atom. The number of carbonyl (C=O) groups is 1. The van der Waals surface area contributed by atoms with Crippen molar-refractivity contribution in [2.75, 3.05) is 38.5 Å². The zero-order valence-electron chi connectivity index (χ0n) is 18.2. The lowest BCUT2D eigenvalue weighted by Gasteiger charge is -2.29. The Morgan fingerprint density at radius 2 is 1.83 bits per heavy atom. The molecule has 0 aliphatic carbocycles. The summed E-state index contributed by atoms with van der Waals surface area (Å²) in [4.78, 5) is 17.5. The summed E-state index contributed by atoms with van der Waals surface area (Å²) in [6.45, 7) is 7.33. The van der Waals surface area contributed by atoms with Gasteiger partial charge in [0.25, 0.3) is 5.91 Å². The Labute approximate surface area is 179 Å². The highest BCUT2D eigenvalue weighted by atomic mass is 16.5. The zero-order chi connectivity index (χ0) is 20.9. The van der Waals surface area contributed by atoms with Gasteiger partial charge in [-0.1, -0.05) is 6.92 Å². The summed E-state index contributed by atoms with van der Waals surface area (Å²) in [5.41, 5.74) is 1.87. The Balaban J connectivity index is 1.34. The molecule has 1 amide bonds. The van der Waals surface area contributed by atoms with E-state index in [2.05, 4.69) is 29.1 Å². The fourth-order valence-corrected chi connectivity index (χ4v) is 4.30. The molecule has 2 aliphatic heterocycles. The number of nitrogens with zero attached hydrogens (tertiary/aromatic N) is 2. The molecule has 1 aromatic carbocycles. The molecule has 0 bridgehead atoms. The van der Waals surface area contributed by atoms with Gasteiger partial charge in [0.1, 0.15) is 17.6 Å². The van der Waals surface area contributed by atoms with Crippen molar-refractivity contribution in [3.8, 4) is 5.75 Å². The van der Waals surface area contributed by atoms with Crippen molar-refractivity contribution in [1.82, 2.24) is 9.80 Å². The number of furan rings is 1. The highest BCUT2D eigenvalue weighted by Gasteiger charge is 2.20. The fraction of sp³-hybridized carbons (Fsp3) is 0.542. The molecule has 0 saturated carbocycles. The van der Waals surface area contributed by atoms with Crippen LogP contribution in [-0.4, -0.2) is 55.0 Å². The molecule has 0 spiro atoms. The SMILES string of the molecule is CCc1oc(C(=O)Nc2ccc(OC3CCN(C)CC3)cc2)cc1CN1CCCC1. The van der Waals surface area contributed by atoms with Gasteiger partial charge in [0, 0.05) is 37.3 Å². The summed E-state index contributed by atoms with van der Waals surface area (Å²) in [7, 11) is 2.14. The monoisotopic (exact) mass is 411 g/mol. The molecule has 0 atom stereocenters. The van der Waals surface area contributed by atoms with Crippen LogP contribution in [0.25, 0.3) is 0 Å². The number of piperidine rings is 1. The third-order valence-corrected chi connectivity index (χ3v) is 6.11. The van der Waals surface area contributed by atoms with Gasteiger partial charge < -0.3 is 19.4 Å². The molecule has 162 valence electrons. The first-order valence-corrected chi connectivity index (χ1v) is 11.2. The zero-order valence-corrected chi connectivity index (χ0v) is 18.2. The summed E-state index contributed by atoms with van der Waals surface area (Å²) >= 11 is 0. The molecule has 2 aromatic rings. The van der Waals surface area contributed by atoms with E-state index < -0.39 is 0 Å². The third-order valence-electron chi connectivity index (χ3n) is 6.11. The van der Waals surface area contributed by atoms with Crippen molar-refractivity contribution in [2.45, 2.75) is 51.7 Å². The standard InChI is InChI=1S/C24H33N3O3/c1-3-22-18(17-27-12-4-5-13-27)16-23(30-22)24(28)25-19-6-8-20(9-7-19)29-21-10-14-26(2)15-11-21/h6-9,16,21H,3-5,10-15,17H2,1-2H3,(H,25,28). The number of hydrogen-bond donors (Lipinski definition) is 1. The number of benzene rings is 1. The largest absolute Gasteiger partial charge is 0.490 e. The van der Waals surface area contributed by atoms with Gasteiger partial charge in [-0.25, -0.2) is 0 Å². The van der Waals surface area contributed by atoms with Gasteiger partial charge in [-0.05, 0) is 76.2 Å². The van der Waals surface area contributed by atoms with Gasteiger partial charge in [-0.15, -0.1) is 0 Å². The molecule has 2 saturated heterocycles. The van der Waals surface area contributed by atoms with E-state index >= 15 is 0 Å². The van der Waals surface area contributed by atoms with Crippen molar-refractivity contribution in [3.63, 3.8) is 0 Å². The topological polar surface area (TPSA) is 58.0 Å². The summed E-state index contributed by atoms with van der Waals surface area (Å²) < 4.78 is 12.0.